The van der Waals surface area contributed by atoms with Crippen molar-refractivity contribution in [2.45, 2.75) is 32.2 Å². The van der Waals surface area contributed by atoms with Crippen molar-refractivity contribution in [1.29, 1.82) is 0 Å². The summed E-state index contributed by atoms with van der Waals surface area (Å²) >= 11 is 0. The van der Waals surface area contributed by atoms with Gasteiger partial charge in [0, 0.05) is 0 Å². The van der Waals surface area contributed by atoms with E-state index in [1.165, 1.54) is 12.0 Å². The first-order valence-electron chi connectivity index (χ1n) is 7.96. The fraction of sp³-hybridized carbons (Fsp3) is 0.588. The Morgan fingerprint density at radius 2 is 1.91 bits per heavy atom. The molecule has 128 valence electrons. The highest BCUT2D eigenvalue weighted by Crippen LogP contribution is 2.13. The molecule has 23 heavy (non-hydrogen) atoms. The third-order valence-electron chi connectivity index (χ3n) is 3.86. The second kappa shape index (κ2) is 8.29. The molecule has 0 aromatic heterocycles. The summed E-state index contributed by atoms with van der Waals surface area (Å²) in [7, 11) is 1.35. The SMILES string of the molecule is COC(=O)c1ccc(OC[C@@H](O)C[NH+]2C[C@@H](C)O[C@H](C)C2)cc1. The van der Waals surface area contributed by atoms with Crippen LogP contribution < -0.4 is 9.64 Å². The van der Waals surface area contributed by atoms with E-state index >= 15 is 0 Å². The number of hydrogen-bond donors (Lipinski definition) is 2. The largest absolute Gasteiger partial charge is 0.491 e. The second-order valence-corrected chi connectivity index (χ2v) is 6.10. The van der Waals surface area contributed by atoms with Crippen LogP contribution in [0.15, 0.2) is 24.3 Å². The predicted octanol–water partition coefficient (Wildman–Crippen LogP) is -0.0950. The lowest BCUT2D eigenvalue weighted by Gasteiger charge is -2.33. The lowest BCUT2D eigenvalue weighted by atomic mass is 10.2. The van der Waals surface area contributed by atoms with Crippen LogP contribution >= 0.6 is 0 Å². The zero-order valence-electron chi connectivity index (χ0n) is 14.0. The fourth-order valence-corrected chi connectivity index (χ4v) is 2.95. The van der Waals surface area contributed by atoms with Crippen molar-refractivity contribution in [3.05, 3.63) is 29.8 Å². The van der Waals surface area contributed by atoms with Gasteiger partial charge in [-0.2, -0.15) is 0 Å². The maximum atomic E-state index is 11.3. The van der Waals surface area contributed by atoms with Crippen LogP contribution in [0.4, 0.5) is 0 Å². The lowest BCUT2D eigenvalue weighted by molar-refractivity contribution is -0.918. The zero-order valence-corrected chi connectivity index (χ0v) is 14.0. The number of aliphatic hydroxyl groups excluding tert-OH is 1. The molecule has 1 aromatic rings. The van der Waals surface area contributed by atoms with Crippen LogP contribution in [0.1, 0.15) is 24.2 Å². The fourth-order valence-electron chi connectivity index (χ4n) is 2.95. The van der Waals surface area contributed by atoms with E-state index < -0.39 is 6.10 Å². The number of esters is 1. The molecule has 6 heteroatoms. The zero-order chi connectivity index (χ0) is 16.8. The van der Waals surface area contributed by atoms with Gasteiger partial charge in [0.2, 0.25) is 0 Å². The maximum absolute atomic E-state index is 11.3. The van der Waals surface area contributed by atoms with E-state index in [2.05, 4.69) is 18.6 Å². The summed E-state index contributed by atoms with van der Waals surface area (Å²) in [5, 5.41) is 10.2. The van der Waals surface area contributed by atoms with Crippen molar-refractivity contribution in [2.24, 2.45) is 0 Å². The van der Waals surface area contributed by atoms with Crippen LogP contribution in [-0.4, -0.2) is 62.7 Å². The highest BCUT2D eigenvalue weighted by Gasteiger charge is 2.27. The number of ether oxygens (including phenoxy) is 3. The van der Waals surface area contributed by atoms with Crippen LogP contribution in [0.25, 0.3) is 0 Å². The minimum Gasteiger partial charge on any atom is -0.491 e. The molecule has 2 rings (SSSR count). The van der Waals surface area contributed by atoms with E-state index in [0.717, 1.165) is 13.1 Å². The molecule has 0 spiro atoms. The van der Waals surface area contributed by atoms with Gasteiger partial charge in [-0.05, 0) is 38.1 Å². The van der Waals surface area contributed by atoms with Gasteiger partial charge in [-0.25, -0.2) is 4.79 Å². The molecule has 6 nitrogen and oxygen atoms in total. The molecule has 0 aliphatic carbocycles. The third-order valence-corrected chi connectivity index (χ3v) is 3.86. The molecule has 0 amide bonds. The lowest BCUT2D eigenvalue weighted by Crippen LogP contribution is -3.16. The topological polar surface area (TPSA) is 69.4 Å². The number of benzene rings is 1. The summed E-state index contributed by atoms with van der Waals surface area (Å²) in [5.41, 5.74) is 0.473. The summed E-state index contributed by atoms with van der Waals surface area (Å²) in [6.07, 6.45) is -0.108. The standard InChI is InChI=1S/C17H25NO5/c1-12-8-18(9-13(2)23-12)10-15(19)11-22-16-6-4-14(5-7-16)17(20)21-3/h4-7,12-13,15,19H,8-11H2,1-3H3/p+1/t12-,13-,15+/m1/s1. The first kappa shape index (κ1) is 17.7. The molecule has 3 atom stereocenters. The number of rotatable bonds is 6. The summed E-state index contributed by atoms with van der Waals surface area (Å²) in [5.74, 6) is 0.242. The molecule has 1 aromatic carbocycles. The quantitative estimate of drug-likeness (QED) is 0.716. The van der Waals surface area contributed by atoms with E-state index in [1.807, 2.05) is 0 Å². The average Bonchev–Trinajstić information content (AvgIpc) is 2.51. The number of nitrogens with one attached hydrogen (secondary N) is 1. The smallest absolute Gasteiger partial charge is 0.337 e. The van der Waals surface area contributed by atoms with Gasteiger partial charge in [0.25, 0.3) is 0 Å². The Morgan fingerprint density at radius 3 is 2.48 bits per heavy atom. The molecular formula is C17H26NO5+. The Bertz CT molecular complexity index is 494. The normalized spacial score (nSPS) is 25.7. The number of aliphatic hydroxyl groups is 1. The highest BCUT2D eigenvalue weighted by molar-refractivity contribution is 5.89. The summed E-state index contributed by atoms with van der Waals surface area (Å²) in [6.45, 7) is 6.77. The van der Waals surface area contributed by atoms with Crippen molar-refractivity contribution in [1.82, 2.24) is 0 Å². The molecule has 0 saturated carbocycles. The van der Waals surface area contributed by atoms with Crippen molar-refractivity contribution in [3.63, 3.8) is 0 Å². The first-order valence-corrected chi connectivity index (χ1v) is 7.96. The summed E-state index contributed by atoms with van der Waals surface area (Å²) in [6, 6.07) is 6.68. The first-order chi connectivity index (χ1) is 11.0. The van der Waals surface area contributed by atoms with Crippen LogP contribution in [0, 0.1) is 0 Å². The van der Waals surface area contributed by atoms with E-state index in [1.54, 1.807) is 24.3 Å². The van der Waals surface area contributed by atoms with Crippen LogP contribution in [0.3, 0.4) is 0 Å². The van der Waals surface area contributed by atoms with E-state index in [9.17, 15) is 9.90 Å². The predicted molar refractivity (Wildman–Crippen MR) is 84.9 cm³/mol. The second-order valence-electron chi connectivity index (χ2n) is 6.10. The number of morpholine rings is 1. The number of carbonyl (C=O) groups excluding carboxylic acids is 1. The van der Waals surface area contributed by atoms with Gasteiger partial charge in [-0.1, -0.05) is 0 Å². The van der Waals surface area contributed by atoms with Gasteiger partial charge in [-0.3, -0.25) is 0 Å². The summed E-state index contributed by atoms with van der Waals surface area (Å²) < 4.78 is 15.9. The number of quaternary nitrogens is 1. The molecule has 1 aliphatic rings. The molecule has 1 fully saturated rings. The molecule has 1 saturated heterocycles. The molecule has 0 radical (unpaired) electrons. The Balaban J connectivity index is 1.77. The van der Waals surface area contributed by atoms with Crippen molar-refractivity contribution >= 4 is 5.97 Å². The maximum Gasteiger partial charge on any atom is 0.337 e. The van der Waals surface area contributed by atoms with Gasteiger partial charge < -0.3 is 24.2 Å². The number of carbonyl (C=O) groups is 1. The van der Waals surface area contributed by atoms with Gasteiger partial charge in [-0.15, -0.1) is 0 Å². The van der Waals surface area contributed by atoms with Crippen LogP contribution in [-0.2, 0) is 9.47 Å². The Kier molecular flexibility index (Phi) is 6.38. The molecule has 1 aliphatic heterocycles. The van der Waals surface area contributed by atoms with Crippen molar-refractivity contribution in [3.8, 4) is 5.75 Å². The molecular weight excluding hydrogens is 298 g/mol. The average molecular weight is 324 g/mol. The Hall–Kier alpha value is -1.63. The molecule has 0 unspecified atom stereocenters. The van der Waals surface area contributed by atoms with Crippen molar-refractivity contribution in [2.75, 3.05) is 33.4 Å². The third kappa shape index (κ3) is 5.49. The molecule has 0 bridgehead atoms. The number of hydrogen-bond acceptors (Lipinski definition) is 5. The monoisotopic (exact) mass is 324 g/mol. The number of methoxy groups -OCH3 is 1. The Labute approximate surface area is 136 Å². The minimum absolute atomic E-state index is 0.215. The Morgan fingerprint density at radius 1 is 1.30 bits per heavy atom. The van der Waals surface area contributed by atoms with Gasteiger partial charge in [0.1, 0.15) is 50.3 Å². The molecule has 1 heterocycles. The van der Waals surface area contributed by atoms with Gasteiger partial charge in [0.05, 0.1) is 12.7 Å². The van der Waals surface area contributed by atoms with E-state index in [0.29, 0.717) is 17.9 Å². The van der Waals surface area contributed by atoms with Crippen LogP contribution in [0.5, 0.6) is 5.75 Å². The van der Waals surface area contributed by atoms with E-state index in [4.69, 9.17) is 9.47 Å². The minimum atomic E-state index is -0.539. The van der Waals surface area contributed by atoms with Crippen LogP contribution in [0.2, 0.25) is 0 Å². The molecule has 2 N–H and O–H groups in total. The van der Waals surface area contributed by atoms with Gasteiger partial charge in [0.15, 0.2) is 0 Å². The van der Waals surface area contributed by atoms with E-state index in [-0.39, 0.29) is 24.8 Å². The summed E-state index contributed by atoms with van der Waals surface area (Å²) in [4.78, 5) is 12.7. The van der Waals surface area contributed by atoms with Crippen molar-refractivity contribution < 1.29 is 29.0 Å². The van der Waals surface area contributed by atoms with Gasteiger partial charge >= 0.3 is 5.97 Å². The highest BCUT2D eigenvalue weighted by atomic mass is 16.5.